The lowest BCUT2D eigenvalue weighted by Crippen LogP contribution is -2.36. The third kappa shape index (κ3) is 5.84. The molecule has 164 valence electrons. The summed E-state index contributed by atoms with van der Waals surface area (Å²) in [6.07, 6.45) is 2.45. The molecule has 2 aromatic rings. The Hall–Kier alpha value is -1.52. The molecule has 0 N–H and O–H groups in total. The maximum Gasteiger partial charge on any atom is 0.293 e. The number of carbonyl (C=O) groups excluding carboxylic acids is 2. The van der Waals surface area contributed by atoms with Crippen LogP contribution in [0.1, 0.15) is 38.3 Å². The Morgan fingerprint density at radius 3 is 2.52 bits per heavy atom. The molecule has 0 radical (unpaired) electrons. The lowest BCUT2D eigenvalue weighted by molar-refractivity contribution is -0.124. The van der Waals surface area contributed by atoms with Gasteiger partial charge in [0, 0.05) is 9.61 Å². The number of ether oxygens (including phenoxy) is 2. The van der Waals surface area contributed by atoms with Crippen molar-refractivity contribution in [2.24, 2.45) is 0 Å². The van der Waals surface area contributed by atoms with Crippen molar-refractivity contribution in [3.8, 4) is 11.5 Å². The van der Waals surface area contributed by atoms with Crippen molar-refractivity contribution >= 4 is 67.5 Å². The normalized spacial score (nSPS) is 16.2. The van der Waals surface area contributed by atoms with Gasteiger partial charge in [0.15, 0.2) is 11.5 Å². The second kappa shape index (κ2) is 10.9. The van der Waals surface area contributed by atoms with Gasteiger partial charge in [-0.15, -0.1) is 0 Å². The minimum atomic E-state index is -0.252. The van der Waals surface area contributed by atoms with Gasteiger partial charge in [0.1, 0.15) is 6.61 Å². The van der Waals surface area contributed by atoms with Crippen LogP contribution in [0.15, 0.2) is 45.8 Å². The fourth-order valence-electron chi connectivity index (χ4n) is 3.00. The number of halogens is 2. The van der Waals surface area contributed by atoms with Gasteiger partial charge in [-0.3, -0.25) is 14.5 Å². The summed E-state index contributed by atoms with van der Waals surface area (Å²) in [5.74, 6) is 0.928. The molecule has 0 bridgehead atoms. The Kier molecular flexibility index (Phi) is 8.46. The summed E-state index contributed by atoms with van der Waals surface area (Å²) in [5.41, 5.74) is 1.81. The first-order valence-corrected chi connectivity index (χ1v) is 12.6. The van der Waals surface area contributed by atoms with Crippen molar-refractivity contribution in [3.05, 3.63) is 60.5 Å². The predicted molar refractivity (Wildman–Crippen MR) is 136 cm³/mol. The number of carbonyl (C=O) groups is 2. The second-order valence-corrected chi connectivity index (χ2v) is 10.1. The standard InChI is InChI=1S/C23H23BrINO4S/c1-4-14(3)26-22(27)20(31-23(26)28)12-16-10-18(24)21(19(11-16)29-5-2)30-13-15-6-8-17(25)9-7-15/h6-12,14H,4-5,13H2,1-3H3/b20-12+/t14-/m1/s1. The maximum absolute atomic E-state index is 12.7. The van der Waals surface area contributed by atoms with Crippen LogP contribution in [-0.4, -0.2) is 28.7 Å². The van der Waals surface area contributed by atoms with E-state index in [9.17, 15) is 9.59 Å². The van der Waals surface area contributed by atoms with Gasteiger partial charge in [-0.1, -0.05) is 19.1 Å². The molecule has 1 heterocycles. The topological polar surface area (TPSA) is 55.8 Å². The number of benzene rings is 2. The smallest absolute Gasteiger partial charge is 0.293 e. The average Bonchev–Trinajstić information content (AvgIpc) is 3.01. The van der Waals surface area contributed by atoms with Gasteiger partial charge < -0.3 is 9.47 Å². The zero-order valence-electron chi connectivity index (χ0n) is 17.5. The summed E-state index contributed by atoms with van der Waals surface area (Å²) in [5, 5.41) is -0.229. The van der Waals surface area contributed by atoms with Gasteiger partial charge >= 0.3 is 0 Å². The quantitative estimate of drug-likeness (QED) is 0.240. The van der Waals surface area contributed by atoms with E-state index in [4.69, 9.17) is 9.47 Å². The fourth-order valence-corrected chi connectivity index (χ4v) is 4.87. The van der Waals surface area contributed by atoms with Gasteiger partial charge in [-0.2, -0.15) is 0 Å². The van der Waals surface area contributed by atoms with Gasteiger partial charge in [0.05, 0.1) is 16.0 Å². The molecule has 31 heavy (non-hydrogen) atoms. The minimum Gasteiger partial charge on any atom is -0.490 e. The molecule has 3 rings (SSSR count). The molecular formula is C23H23BrINO4S. The summed E-state index contributed by atoms with van der Waals surface area (Å²) in [6, 6.07) is 11.7. The van der Waals surface area contributed by atoms with Crippen molar-refractivity contribution in [3.63, 3.8) is 0 Å². The third-order valence-corrected chi connectivity index (χ3v) is 6.97. The molecule has 0 saturated carbocycles. The average molecular weight is 616 g/mol. The highest BCUT2D eigenvalue weighted by molar-refractivity contribution is 14.1. The monoisotopic (exact) mass is 615 g/mol. The number of rotatable bonds is 8. The lowest BCUT2D eigenvalue weighted by atomic mass is 10.1. The van der Waals surface area contributed by atoms with Gasteiger partial charge in [-0.05, 0) is 112 Å². The molecule has 0 aromatic heterocycles. The molecule has 1 atom stereocenters. The summed E-state index contributed by atoms with van der Waals surface area (Å²) >= 11 is 6.81. The fraction of sp³-hybridized carbons (Fsp3) is 0.304. The minimum absolute atomic E-state index is 0.124. The summed E-state index contributed by atoms with van der Waals surface area (Å²) in [4.78, 5) is 26.7. The van der Waals surface area contributed by atoms with Crippen LogP contribution >= 0.6 is 50.3 Å². The molecular weight excluding hydrogens is 593 g/mol. The first-order chi connectivity index (χ1) is 14.8. The summed E-state index contributed by atoms with van der Waals surface area (Å²) in [6.45, 7) is 6.62. The SMILES string of the molecule is CCOc1cc(/C=C2/SC(=O)N([C@H](C)CC)C2=O)cc(Br)c1OCc1ccc(I)cc1. The van der Waals surface area contributed by atoms with E-state index in [1.54, 1.807) is 6.08 Å². The van der Waals surface area contributed by atoms with Crippen molar-refractivity contribution in [1.82, 2.24) is 4.90 Å². The second-order valence-electron chi connectivity index (χ2n) is 6.99. The first kappa shape index (κ1) is 24.1. The van der Waals surface area contributed by atoms with Crippen LogP contribution in [0.3, 0.4) is 0 Å². The van der Waals surface area contributed by atoms with Crippen LogP contribution in [0.5, 0.6) is 11.5 Å². The molecule has 0 unspecified atom stereocenters. The van der Waals surface area contributed by atoms with Crippen LogP contribution in [0.2, 0.25) is 0 Å². The third-order valence-electron chi connectivity index (χ3n) is 4.78. The van der Waals surface area contributed by atoms with Gasteiger partial charge in [0.25, 0.3) is 11.1 Å². The van der Waals surface area contributed by atoms with Gasteiger partial charge in [-0.25, -0.2) is 0 Å². The van der Waals surface area contributed by atoms with Crippen molar-refractivity contribution in [2.75, 3.05) is 6.61 Å². The van der Waals surface area contributed by atoms with Crippen LogP contribution in [-0.2, 0) is 11.4 Å². The Bertz CT molecular complexity index is 1010. The highest BCUT2D eigenvalue weighted by atomic mass is 127. The number of imide groups is 1. The van der Waals surface area contributed by atoms with E-state index in [2.05, 4.69) is 38.5 Å². The van der Waals surface area contributed by atoms with E-state index >= 15 is 0 Å². The molecule has 2 amide bonds. The molecule has 1 aliphatic rings. The number of nitrogens with zero attached hydrogens (tertiary/aromatic N) is 1. The van der Waals surface area contributed by atoms with Gasteiger partial charge in [0.2, 0.25) is 0 Å². The molecule has 0 aliphatic carbocycles. The summed E-state index contributed by atoms with van der Waals surface area (Å²) in [7, 11) is 0. The Labute approximate surface area is 208 Å². The highest BCUT2D eigenvalue weighted by Crippen LogP contribution is 2.40. The zero-order chi connectivity index (χ0) is 22.5. The molecule has 0 spiro atoms. The number of hydrogen-bond acceptors (Lipinski definition) is 5. The largest absolute Gasteiger partial charge is 0.490 e. The Morgan fingerprint density at radius 1 is 1.16 bits per heavy atom. The Morgan fingerprint density at radius 2 is 1.87 bits per heavy atom. The van der Waals surface area contributed by atoms with E-state index < -0.39 is 0 Å². The highest BCUT2D eigenvalue weighted by Gasteiger charge is 2.37. The zero-order valence-corrected chi connectivity index (χ0v) is 22.0. The number of thioether (sulfide) groups is 1. The van der Waals surface area contributed by atoms with Crippen LogP contribution in [0, 0.1) is 3.57 Å². The van der Waals surface area contributed by atoms with Crippen LogP contribution in [0.25, 0.3) is 6.08 Å². The summed E-state index contributed by atoms with van der Waals surface area (Å²) < 4.78 is 13.7. The first-order valence-electron chi connectivity index (χ1n) is 9.94. The maximum atomic E-state index is 12.7. The lowest BCUT2D eigenvalue weighted by Gasteiger charge is -2.19. The number of hydrogen-bond donors (Lipinski definition) is 0. The van der Waals surface area contributed by atoms with E-state index in [-0.39, 0.29) is 17.2 Å². The number of amides is 2. The molecule has 1 fully saturated rings. The van der Waals surface area contributed by atoms with Crippen molar-refractivity contribution < 1.29 is 19.1 Å². The Balaban J connectivity index is 1.86. The van der Waals surface area contributed by atoms with E-state index in [1.165, 1.54) is 8.47 Å². The molecule has 5 nitrogen and oxygen atoms in total. The van der Waals surface area contributed by atoms with Crippen LogP contribution < -0.4 is 9.47 Å². The molecule has 2 aromatic carbocycles. The molecule has 1 aliphatic heterocycles. The predicted octanol–water partition coefficient (Wildman–Crippen LogP) is 6.87. The van der Waals surface area contributed by atoms with Crippen molar-refractivity contribution in [1.29, 1.82) is 0 Å². The van der Waals surface area contributed by atoms with Crippen molar-refractivity contribution in [2.45, 2.75) is 39.8 Å². The van der Waals surface area contributed by atoms with E-state index in [0.717, 1.165) is 33.8 Å². The van der Waals surface area contributed by atoms with E-state index in [1.807, 2.05) is 57.2 Å². The van der Waals surface area contributed by atoms with Crippen LogP contribution in [0.4, 0.5) is 4.79 Å². The molecule has 8 heteroatoms. The molecule has 1 saturated heterocycles. The van der Waals surface area contributed by atoms with E-state index in [0.29, 0.717) is 29.6 Å².